The molecule has 0 rings (SSSR count). The maximum atomic E-state index is 5.19. The fraction of sp³-hybridized carbons (Fsp3) is 1.00. The van der Waals surface area contributed by atoms with Crippen molar-refractivity contribution in [3.05, 3.63) is 0 Å². The summed E-state index contributed by atoms with van der Waals surface area (Å²) in [5.74, 6) is 0. The van der Waals surface area contributed by atoms with Crippen LogP contribution in [0.1, 0.15) is 0 Å². The van der Waals surface area contributed by atoms with Crippen LogP contribution in [0.3, 0.4) is 0 Å². The second-order valence-electron chi connectivity index (χ2n) is 1.84. The summed E-state index contributed by atoms with van der Waals surface area (Å²) in [6.07, 6.45) is 0. The van der Waals surface area contributed by atoms with Gasteiger partial charge in [0, 0.05) is 13.1 Å². The normalized spacial score (nSPS) is 9.60. The Morgan fingerprint density at radius 1 is 1.30 bits per heavy atom. The third-order valence-electron chi connectivity index (χ3n) is 0.576. The van der Waals surface area contributed by atoms with Crippen LogP contribution in [-0.2, 0) is 0 Å². The number of alkyl halides is 3. The Bertz CT molecular complexity index is 56.1. The molecule has 0 radical (unpaired) electrons. The third kappa shape index (κ3) is 32.1. The Kier molecular flexibility index (Phi) is 16.2. The van der Waals surface area contributed by atoms with Crippen LogP contribution >= 0.6 is 67.8 Å². The van der Waals surface area contributed by atoms with E-state index in [2.05, 4.69) is 72.7 Å². The van der Waals surface area contributed by atoms with Gasteiger partial charge in [0.15, 0.2) is 0 Å². The minimum absolute atomic E-state index is 0.743. The maximum absolute atomic E-state index is 5.19. The second kappa shape index (κ2) is 11.1. The largest absolute Gasteiger partial charge is 0.329 e. The van der Waals surface area contributed by atoms with E-state index < -0.39 is 0 Å². The molecule has 2 nitrogen and oxygen atoms in total. The molecule has 0 spiro atoms. The van der Waals surface area contributed by atoms with Gasteiger partial charge in [-0.2, -0.15) is 0 Å². The lowest BCUT2D eigenvalue weighted by Gasteiger charge is -2.03. The molecular formula is C5H13I3N2. The number of likely N-dealkylation sites (N-methyl/N-ethyl adjacent to an activating group) is 1. The van der Waals surface area contributed by atoms with E-state index in [1.54, 1.807) is 0 Å². The molecule has 0 aromatic rings. The van der Waals surface area contributed by atoms with E-state index in [1.165, 1.54) is 0 Å². The van der Waals surface area contributed by atoms with Crippen molar-refractivity contribution < 1.29 is 0 Å². The lowest BCUT2D eigenvalue weighted by atomic mass is 10.6. The fourth-order valence-corrected chi connectivity index (χ4v) is 0.258. The molecular weight excluding hydrogens is 469 g/mol. The van der Waals surface area contributed by atoms with Crippen LogP contribution < -0.4 is 5.73 Å². The molecule has 0 heterocycles. The molecule has 0 aromatic carbocycles. The van der Waals surface area contributed by atoms with Crippen molar-refractivity contribution >= 4 is 67.8 Å². The molecule has 10 heavy (non-hydrogen) atoms. The molecule has 2 N–H and O–H groups in total. The minimum atomic E-state index is 0.743. The summed E-state index contributed by atoms with van der Waals surface area (Å²) in [5.41, 5.74) is 5.19. The molecule has 0 bridgehead atoms. The van der Waals surface area contributed by atoms with E-state index in [0.29, 0.717) is 0 Å². The van der Waals surface area contributed by atoms with Crippen LogP contribution in [0.4, 0.5) is 0 Å². The second-order valence-corrected chi connectivity index (χ2v) is 12.7. The van der Waals surface area contributed by atoms with E-state index in [1.807, 2.05) is 14.1 Å². The average Bonchev–Trinajstić information content (AvgIpc) is 1.62. The summed E-state index contributed by atoms with van der Waals surface area (Å²) in [7, 11) is 4.01. The van der Waals surface area contributed by atoms with Gasteiger partial charge in [-0.15, -0.1) is 0 Å². The Hall–Kier alpha value is 2.11. The maximum Gasteiger partial charge on any atom is 0.114 e. The van der Waals surface area contributed by atoms with E-state index >= 15 is 0 Å². The van der Waals surface area contributed by atoms with Crippen molar-refractivity contribution in [1.82, 2.24) is 4.90 Å². The van der Waals surface area contributed by atoms with Gasteiger partial charge in [-0.1, -0.05) is 67.8 Å². The van der Waals surface area contributed by atoms with Gasteiger partial charge in [0.2, 0.25) is 0 Å². The molecule has 0 aliphatic rings. The molecule has 0 aromatic heterocycles. The molecule has 0 amide bonds. The number of hydrogen-bond acceptors (Lipinski definition) is 2. The van der Waals surface area contributed by atoms with Gasteiger partial charge in [-0.3, -0.25) is 0 Å². The first kappa shape index (κ1) is 14.6. The van der Waals surface area contributed by atoms with E-state index in [-0.39, 0.29) is 0 Å². The van der Waals surface area contributed by atoms with Crippen LogP contribution in [0.15, 0.2) is 0 Å². The van der Waals surface area contributed by atoms with E-state index in [0.717, 1.165) is 13.0 Å². The zero-order valence-electron chi connectivity index (χ0n) is 6.15. The van der Waals surface area contributed by atoms with Crippen molar-refractivity contribution in [3.63, 3.8) is 0 Å². The highest BCUT2D eigenvalue weighted by Crippen LogP contribution is 2.16. The van der Waals surface area contributed by atoms with E-state index in [4.69, 9.17) is 5.73 Å². The summed E-state index contributed by atoms with van der Waals surface area (Å²) in [6, 6.07) is 0. The first-order chi connectivity index (χ1) is 4.50. The van der Waals surface area contributed by atoms with Gasteiger partial charge in [-0.05, 0) is 14.1 Å². The van der Waals surface area contributed by atoms with Crippen molar-refractivity contribution in [3.8, 4) is 0 Å². The summed E-state index contributed by atoms with van der Waals surface area (Å²) >= 11 is 6.95. The zero-order chi connectivity index (χ0) is 8.57. The van der Waals surface area contributed by atoms with Crippen LogP contribution in [0.2, 0.25) is 0 Å². The minimum Gasteiger partial charge on any atom is -0.329 e. The van der Waals surface area contributed by atoms with Crippen molar-refractivity contribution in [1.29, 1.82) is 0 Å². The number of nitrogens with zero attached hydrogens (tertiary/aromatic N) is 1. The highest BCUT2D eigenvalue weighted by Gasteiger charge is 1.79. The Morgan fingerprint density at radius 3 is 1.60 bits per heavy atom. The summed E-state index contributed by atoms with van der Waals surface area (Å²) in [6.45, 7) is 1.74. The number of nitrogens with two attached hydrogens (primary N) is 1. The lowest BCUT2D eigenvalue weighted by Crippen LogP contribution is -2.20. The first-order valence-electron chi connectivity index (χ1n) is 2.77. The molecule has 5 heteroatoms. The van der Waals surface area contributed by atoms with Gasteiger partial charge >= 0.3 is 0 Å². The Balaban J connectivity index is 0. The fourth-order valence-electron chi connectivity index (χ4n) is 0.258. The van der Waals surface area contributed by atoms with E-state index in [9.17, 15) is 0 Å². The number of halogens is 3. The molecule has 0 aliphatic heterocycles. The van der Waals surface area contributed by atoms with Crippen LogP contribution in [0.25, 0.3) is 0 Å². The van der Waals surface area contributed by atoms with Crippen LogP contribution in [-0.4, -0.2) is 32.0 Å². The molecule has 0 saturated heterocycles. The zero-order valence-corrected chi connectivity index (χ0v) is 12.6. The Morgan fingerprint density at radius 2 is 1.60 bits per heavy atom. The topological polar surface area (TPSA) is 29.3 Å². The SMILES string of the molecule is CN(C)CCN.IC(I)I. The highest BCUT2D eigenvalue weighted by molar-refractivity contribution is 14.3. The lowest BCUT2D eigenvalue weighted by molar-refractivity contribution is 0.420. The van der Waals surface area contributed by atoms with Gasteiger partial charge in [0.1, 0.15) is -0.0619 Å². The van der Waals surface area contributed by atoms with Crippen molar-refractivity contribution in [2.24, 2.45) is 5.73 Å². The molecule has 0 unspecified atom stereocenters. The smallest absolute Gasteiger partial charge is 0.114 e. The number of rotatable bonds is 2. The van der Waals surface area contributed by atoms with Crippen LogP contribution in [0, 0.1) is 0 Å². The average molecular weight is 482 g/mol. The summed E-state index contributed by atoms with van der Waals surface area (Å²) < 4.78 is 0.743. The van der Waals surface area contributed by atoms with Crippen molar-refractivity contribution in [2.75, 3.05) is 27.2 Å². The molecule has 64 valence electrons. The van der Waals surface area contributed by atoms with Gasteiger partial charge in [0.25, 0.3) is 0 Å². The quantitative estimate of drug-likeness (QED) is 0.483. The number of hydrogen-bond donors (Lipinski definition) is 1. The molecule has 0 aliphatic carbocycles. The molecule has 0 fully saturated rings. The predicted octanol–water partition coefficient (Wildman–Crippen LogP) is 2.08. The third-order valence-corrected chi connectivity index (χ3v) is 0.576. The standard InChI is InChI=1S/C4H12N2.CHI3/c1-6(2)4-3-5;2-1(3)4/h3-5H2,1-2H3;1H. The first-order valence-corrected chi connectivity index (χ1v) is 6.51. The van der Waals surface area contributed by atoms with Gasteiger partial charge in [0.05, 0.1) is 0 Å². The molecule has 0 atom stereocenters. The highest BCUT2D eigenvalue weighted by atomic mass is 127. The Labute approximate surface area is 104 Å². The summed E-state index contributed by atoms with van der Waals surface area (Å²) in [4.78, 5) is 2.06. The van der Waals surface area contributed by atoms with Crippen LogP contribution in [0.5, 0.6) is 0 Å². The molecule has 0 saturated carbocycles. The predicted molar refractivity (Wildman–Crippen MR) is 73.5 cm³/mol. The van der Waals surface area contributed by atoms with Gasteiger partial charge in [-0.25, -0.2) is 0 Å². The monoisotopic (exact) mass is 482 g/mol. The summed E-state index contributed by atoms with van der Waals surface area (Å²) in [5, 5.41) is 0. The van der Waals surface area contributed by atoms with Gasteiger partial charge < -0.3 is 10.6 Å². The van der Waals surface area contributed by atoms with Crippen molar-refractivity contribution in [2.45, 2.75) is -0.0619 Å².